The minimum absolute atomic E-state index is 0.134. The summed E-state index contributed by atoms with van der Waals surface area (Å²) in [6, 6.07) is 6.53. The maximum absolute atomic E-state index is 6.03. The molecular weight excluding hydrogens is 258 g/mol. The summed E-state index contributed by atoms with van der Waals surface area (Å²) in [5.41, 5.74) is 2.75. The average molecular weight is 292 g/mol. The Kier molecular flexibility index (Phi) is 7.81. The minimum Gasteiger partial charge on any atom is -0.493 e. The standard InChI is InChI=1S/C19H33NO/c1-6-7-12-20-13-8-9-14-21-18-11-10-16(2)15-17(18)19(3,4)5/h10-11,15,20H,6-9,12-14H2,1-5H3/p+1. The molecule has 0 aliphatic rings. The number of ether oxygens (including phenoxy) is 1. The molecule has 2 N–H and O–H groups in total. The molecule has 0 saturated carbocycles. The van der Waals surface area contributed by atoms with E-state index in [4.69, 9.17) is 4.74 Å². The summed E-state index contributed by atoms with van der Waals surface area (Å²) >= 11 is 0. The van der Waals surface area contributed by atoms with E-state index in [0.29, 0.717) is 0 Å². The molecule has 0 radical (unpaired) electrons. The van der Waals surface area contributed by atoms with Crippen LogP contribution >= 0.6 is 0 Å². The van der Waals surface area contributed by atoms with Crippen LogP contribution in [0.5, 0.6) is 5.75 Å². The summed E-state index contributed by atoms with van der Waals surface area (Å²) in [6.07, 6.45) is 5.00. The maximum Gasteiger partial charge on any atom is 0.123 e. The Labute approximate surface area is 131 Å². The first-order valence-electron chi connectivity index (χ1n) is 8.50. The molecule has 0 spiro atoms. The topological polar surface area (TPSA) is 25.8 Å². The van der Waals surface area contributed by atoms with Gasteiger partial charge in [0.05, 0.1) is 19.7 Å². The third kappa shape index (κ3) is 6.99. The number of aryl methyl sites for hydroxylation is 1. The van der Waals surface area contributed by atoms with E-state index in [1.807, 2.05) is 0 Å². The van der Waals surface area contributed by atoms with Gasteiger partial charge in [-0.1, -0.05) is 51.8 Å². The maximum atomic E-state index is 6.03. The molecule has 0 aliphatic heterocycles. The van der Waals surface area contributed by atoms with Crippen LogP contribution in [0.25, 0.3) is 0 Å². The van der Waals surface area contributed by atoms with Crippen LogP contribution in [0.15, 0.2) is 18.2 Å². The molecule has 0 amide bonds. The summed E-state index contributed by atoms with van der Waals surface area (Å²) in [7, 11) is 0. The van der Waals surface area contributed by atoms with E-state index in [1.165, 1.54) is 43.5 Å². The van der Waals surface area contributed by atoms with E-state index < -0.39 is 0 Å². The largest absolute Gasteiger partial charge is 0.493 e. The second-order valence-electron chi connectivity index (χ2n) is 7.02. The molecule has 0 aliphatic carbocycles. The Morgan fingerprint density at radius 3 is 2.43 bits per heavy atom. The molecule has 120 valence electrons. The summed E-state index contributed by atoms with van der Waals surface area (Å²) in [5, 5.41) is 2.43. The Morgan fingerprint density at radius 2 is 1.76 bits per heavy atom. The van der Waals surface area contributed by atoms with E-state index in [2.05, 4.69) is 58.1 Å². The van der Waals surface area contributed by atoms with Gasteiger partial charge in [-0.15, -0.1) is 0 Å². The van der Waals surface area contributed by atoms with E-state index in [9.17, 15) is 0 Å². The van der Waals surface area contributed by atoms with Crippen molar-refractivity contribution in [3.05, 3.63) is 29.3 Å². The molecule has 1 aromatic carbocycles. The van der Waals surface area contributed by atoms with Crippen LogP contribution in [0.3, 0.4) is 0 Å². The molecule has 1 rings (SSSR count). The highest BCUT2D eigenvalue weighted by molar-refractivity contribution is 5.41. The van der Waals surface area contributed by atoms with Gasteiger partial charge in [-0.3, -0.25) is 0 Å². The molecule has 2 heteroatoms. The second kappa shape index (κ2) is 9.09. The number of unbranched alkanes of at least 4 members (excludes halogenated alkanes) is 2. The van der Waals surface area contributed by atoms with Gasteiger partial charge < -0.3 is 10.1 Å². The summed E-state index contributed by atoms with van der Waals surface area (Å²) in [5.74, 6) is 1.06. The van der Waals surface area contributed by atoms with Crippen molar-refractivity contribution in [2.45, 2.75) is 65.7 Å². The van der Waals surface area contributed by atoms with E-state index in [0.717, 1.165) is 18.8 Å². The van der Waals surface area contributed by atoms with Gasteiger partial charge in [0, 0.05) is 0 Å². The van der Waals surface area contributed by atoms with Gasteiger partial charge in [-0.25, -0.2) is 0 Å². The van der Waals surface area contributed by atoms with Crippen LogP contribution < -0.4 is 10.1 Å². The predicted molar refractivity (Wildman–Crippen MR) is 91.2 cm³/mol. The lowest BCUT2D eigenvalue weighted by Crippen LogP contribution is -2.84. The number of benzene rings is 1. The lowest BCUT2D eigenvalue weighted by atomic mass is 9.85. The molecular formula is C19H34NO+. The first kappa shape index (κ1) is 18.0. The van der Waals surface area contributed by atoms with Crippen LogP contribution in [-0.2, 0) is 5.41 Å². The van der Waals surface area contributed by atoms with Crippen molar-refractivity contribution in [2.24, 2.45) is 0 Å². The zero-order chi connectivity index (χ0) is 15.7. The van der Waals surface area contributed by atoms with Gasteiger partial charge in [0.15, 0.2) is 0 Å². The van der Waals surface area contributed by atoms with E-state index >= 15 is 0 Å². The third-order valence-electron chi connectivity index (χ3n) is 3.77. The minimum atomic E-state index is 0.134. The quantitative estimate of drug-likeness (QED) is 0.688. The molecule has 0 bridgehead atoms. The number of rotatable bonds is 9. The lowest BCUT2D eigenvalue weighted by molar-refractivity contribution is -0.655. The van der Waals surface area contributed by atoms with Crippen LogP contribution in [0.2, 0.25) is 0 Å². The van der Waals surface area contributed by atoms with Crippen LogP contribution in [-0.4, -0.2) is 19.7 Å². The average Bonchev–Trinajstić information content (AvgIpc) is 2.42. The summed E-state index contributed by atoms with van der Waals surface area (Å²) in [6.45, 7) is 14.5. The Bertz CT molecular complexity index is 407. The molecule has 0 atom stereocenters. The van der Waals surface area contributed by atoms with Crippen LogP contribution in [0.4, 0.5) is 0 Å². The van der Waals surface area contributed by atoms with Gasteiger partial charge in [0.2, 0.25) is 0 Å². The van der Waals surface area contributed by atoms with Crippen LogP contribution in [0, 0.1) is 6.92 Å². The second-order valence-corrected chi connectivity index (χ2v) is 7.02. The molecule has 0 fully saturated rings. The van der Waals surface area contributed by atoms with Crippen LogP contribution in [0.1, 0.15) is 64.5 Å². The Hall–Kier alpha value is -1.02. The van der Waals surface area contributed by atoms with Crippen molar-refractivity contribution in [3.63, 3.8) is 0 Å². The fourth-order valence-electron chi connectivity index (χ4n) is 2.42. The lowest BCUT2D eigenvalue weighted by Gasteiger charge is -2.23. The first-order valence-corrected chi connectivity index (χ1v) is 8.50. The van der Waals surface area contributed by atoms with Gasteiger partial charge in [-0.05, 0) is 43.2 Å². The van der Waals surface area contributed by atoms with E-state index in [-0.39, 0.29) is 5.41 Å². The van der Waals surface area contributed by atoms with Crippen molar-refractivity contribution >= 4 is 0 Å². The summed E-state index contributed by atoms with van der Waals surface area (Å²) in [4.78, 5) is 0. The van der Waals surface area contributed by atoms with Gasteiger partial charge in [-0.2, -0.15) is 0 Å². The monoisotopic (exact) mass is 292 g/mol. The van der Waals surface area contributed by atoms with Crippen molar-refractivity contribution in [2.75, 3.05) is 19.7 Å². The van der Waals surface area contributed by atoms with Crippen molar-refractivity contribution in [1.29, 1.82) is 0 Å². The highest BCUT2D eigenvalue weighted by Crippen LogP contribution is 2.32. The fourth-order valence-corrected chi connectivity index (χ4v) is 2.42. The van der Waals surface area contributed by atoms with Crippen molar-refractivity contribution in [3.8, 4) is 5.75 Å². The third-order valence-corrected chi connectivity index (χ3v) is 3.77. The zero-order valence-corrected chi connectivity index (χ0v) is 14.7. The molecule has 0 heterocycles. The molecule has 0 aromatic heterocycles. The number of quaternary nitrogens is 1. The van der Waals surface area contributed by atoms with Crippen molar-refractivity contribution < 1.29 is 10.1 Å². The number of hydrogen-bond donors (Lipinski definition) is 1. The molecule has 2 nitrogen and oxygen atoms in total. The predicted octanol–water partition coefficient (Wildman–Crippen LogP) is 3.82. The van der Waals surface area contributed by atoms with Crippen molar-refractivity contribution in [1.82, 2.24) is 0 Å². The zero-order valence-electron chi connectivity index (χ0n) is 14.7. The van der Waals surface area contributed by atoms with E-state index in [1.54, 1.807) is 0 Å². The SMILES string of the molecule is CCCC[NH2+]CCCCOc1ccc(C)cc1C(C)(C)C. The molecule has 0 saturated heterocycles. The number of hydrogen-bond acceptors (Lipinski definition) is 1. The normalized spacial score (nSPS) is 11.7. The molecule has 1 aromatic rings. The Balaban J connectivity index is 2.35. The number of nitrogens with two attached hydrogens (primary N) is 1. The summed E-state index contributed by atoms with van der Waals surface area (Å²) < 4.78 is 6.03. The smallest absolute Gasteiger partial charge is 0.123 e. The highest BCUT2D eigenvalue weighted by atomic mass is 16.5. The highest BCUT2D eigenvalue weighted by Gasteiger charge is 2.18. The fraction of sp³-hybridized carbons (Fsp3) is 0.684. The van der Waals surface area contributed by atoms with Gasteiger partial charge in [0.25, 0.3) is 0 Å². The molecule has 0 unspecified atom stereocenters. The van der Waals surface area contributed by atoms with Gasteiger partial charge in [0.1, 0.15) is 5.75 Å². The Morgan fingerprint density at radius 1 is 1.05 bits per heavy atom. The molecule has 21 heavy (non-hydrogen) atoms. The first-order chi connectivity index (χ1) is 9.95. The van der Waals surface area contributed by atoms with Gasteiger partial charge >= 0.3 is 0 Å².